The molecular weight excluding hydrogens is 166 g/mol. The van der Waals surface area contributed by atoms with E-state index in [2.05, 4.69) is 15.2 Å². The zero-order valence-corrected chi connectivity index (χ0v) is 7.07. The van der Waals surface area contributed by atoms with Gasteiger partial charge in [-0.15, -0.1) is 0 Å². The van der Waals surface area contributed by atoms with E-state index in [0.717, 1.165) is 0 Å². The van der Waals surface area contributed by atoms with Crippen LogP contribution in [0.4, 0.5) is 0 Å². The van der Waals surface area contributed by atoms with Gasteiger partial charge in [0.1, 0.15) is 13.2 Å². The number of nitrogens with two attached hydrogens (primary N) is 1. The summed E-state index contributed by atoms with van der Waals surface area (Å²) in [5.74, 6) is -1.37. The van der Waals surface area contributed by atoms with Crippen molar-refractivity contribution in [3.05, 3.63) is 0 Å². The van der Waals surface area contributed by atoms with Crippen LogP contribution in [0.2, 0.25) is 0 Å². The van der Waals surface area contributed by atoms with Crippen molar-refractivity contribution < 1.29 is 24.2 Å². The van der Waals surface area contributed by atoms with E-state index in [9.17, 15) is 9.59 Å². The highest BCUT2D eigenvalue weighted by atomic mass is 16.5. The second kappa shape index (κ2) is 9.86. The molecule has 0 aromatic rings. The van der Waals surface area contributed by atoms with Crippen molar-refractivity contribution in [3.63, 3.8) is 0 Å². The van der Waals surface area contributed by atoms with Gasteiger partial charge in [-0.05, 0) is 0 Å². The molecule has 6 nitrogen and oxygen atoms in total. The van der Waals surface area contributed by atoms with Crippen molar-refractivity contribution in [2.24, 2.45) is 5.73 Å². The van der Waals surface area contributed by atoms with E-state index in [1.165, 1.54) is 14.2 Å². The number of hydrogen-bond acceptors (Lipinski definition) is 4. The highest BCUT2D eigenvalue weighted by Crippen LogP contribution is 1.61. The summed E-state index contributed by atoms with van der Waals surface area (Å²) in [7, 11) is 2.76. The summed E-state index contributed by atoms with van der Waals surface area (Å²) in [6.45, 7) is -0.194. The summed E-state index contributed by atoms with van der Waals surface area (Å²) in [6.07, 6.45) is 0. The van der Waals surface area contributed by atoms with Crippen LogP contribution in [0, 0.1) is 0 Å². The number of ether oxygens (including phenoxy) is 2. The molecule has 0 saturated carbocycles. The predicted octanol–water partition coefficient (Wildman–Crippen LogP) is -1.16. The quantitative estimate of drug-likeness (QED) is 0.566. The number of aliphatic carboxylic acids is 1. The van der Waals surface area contributed by atoms with Crippen molar-refractivity contribution in [2.45, 2.75) is 0 Å². The lowest BCUT2D eigenvalue weighted by Crippen LogP contribution is -2.16. The molecule has 1 amide bonds. The Hall–Kier alpha value is -1.14. The number of carboxylic acid groups (broad SMARTS) is 1. The molecule has 0 aromatic heterocycles. The summed E-state index contributed by atoms with van der Waals surface area (Å²) < 4.78 is 8.53. The first-order chi connectivity index (χ1) is 5.54. The van der Waals surface area contributed by atoms with Crippen LogP contribution in [-0.4, -0.2) is 44.4 Å². The third-order valence-electron chi connectivity index (χ3n) is 0.554. The van der Waals surface area contributed by atoms with Gasteiger partial charge >= 0.3 is 5.97 Å². The zero-order valence-electron chi connectivity index (χ0n) is 7.07. The molecule has 0 fully saturated rings. The van der Waals surface area contributed by atoms with Crippen LogP contribution in [0.25, 0.3) is 0 Å². The van der Waals surface area contributed by atoms with E-state index >= 15 is 0 Å². The van der Waals surface area contributed by atoms with Crippen molar-refractivity contribution in [1.29, 1.82) is 0 Å². The van der Waals surface area contributed by atoms with Gasteiger partial charge in [0.25, 0.3) is 0 Å². The van der Waals surface area contributed by atoms with Crippen LogP contribution < -0.4 is 5.73 Å². The van der Waals surface area contributed by atoms with E-state index in [0.29, 0.717) is 0 Å². The fraction of sp³-hybridized carbons (Fsp3) is 0.667. The number of rotatable bonds is 4. The maximum atomic E-state index is 9.70. The molecule has 12 heavy (non-hydrogen) atoms. The van der Waals surface area contributed by atoms with Gasteiger partial charge in [0.2, 0.25) is 5.91 Å². The lowest BCUT2D eigenvalue weighted by Gasteiger charge is -1.85. The number of primary amides is 1. The Labute approximate surface area is 70.3 Å². The number of methoxy groups -OCH3 is 2. The normalized spacial score (nSPS) is 8.17. The number of hydrogen-bond donors (Lipinski definition) is 2. The summed E-state index contributed by atoms with van der Waals surface area (Å²) >= 11 is 0. The maximum Gasteiger partial charge on any atom is 0.329 e. The molecule has 0 aliphatic heterocycles. The molecule has 72 valence electrons. The van der Waals surface area contributed by atoms with Gasteiger partial charge in [0.15, 0.2) is 0 Å². The molecule has 0 rings (SSSR count). The molecular formula is C6H13NO5. The van der Waals surface area contributed by atoms with E-state index < -0.39 is 11.9 Å². The van der Waals surface area contributed by atoms with E-state index in [4.69, 9.17) is 5.11 Å². The number of carboxylic acids is 1. The molecule has 0 spiro atoms. The molecule has 3 N–H and O–H groups in total. The maximum absolute atomic E-state index is 9.70. The van der Waals surface area contributed by atoms with Crippen LogP contribution in [0.3, 0.4) is 0 Å². The zero-order chi connectivity index (χ0) is 9.98. The first kappa shape index (κ1) is 13.4. The highest BCUT2D eigenvalue weighted by molar-refractivity contribution is 5.74. The van der Waals surface area contributed by atoms with Gasteiger partial charge in [-0.2, -0.15) is 0 Å². The third kappa shape index (κ3) is 23.2. The summed E-state index contributed by atoms with van der Waals surface area (Å²) in [4.78, 5) is 19.2. The van der Waals surface area contributed by atoms with Gasteiger partial charge in [0, 0.05) is 14.2 Å². The van der Waals surface area contributed by atoms with Gasteiger partial charge in [-0.3, -0.25) is 4.79 Å². The molecule has 0 aliphatic rings. The predicted molar refractivity (Wildman–Crippen MR) is 40.6 cm³/mol. The molecule has 0 radical (unpaired) electrons. The Morgan fingerprint density at radius 2 is 1.67 bits per heavy atom. The Bertz CT molecular complexity index is 120. The lowest BCUT2D eigenvalue weighted by atomic mass is 10.7. The SMILES string of the molecule is COCC(=O)O.COCC(N)=O. The molecule has 0 bridgehead atoms. The van der Waals surface area contributed by atoms with E-state index in [1.54, 1.807) is 0 Å². The van der Waals surface area contributed by atoms with Crippen molar-refractivity contribution >= 4 is 11.9 Å². The first-order valence-corrected chi connectivity index (χ1v) is 3.02. The van der Waals surface area contributed by atoms with Crippen molar-refractivity contribution in [1.82, 2.24) is 0 Å². The number of carbonyl (C=O) groups is 2. The fourth-order valence-corrected chi connectivity index (χ4v) is 0.266. The van der Waals surface area contributed by atoms with Crippen LogP contribution in [0.1, 0.15) is 0 Å². The summed E-state index contributed by atoms with van der Waals surface area (Å²) in [5, 5.41) is 7.79. The second-order valence-electron chi connectivity index (χ2n) is 1.73. The molecule has 0 aromatic carbocycles. The Morgan fingerprint density at radius 1 is 1.25 bits per heavy atom. The number of amides is 1. The van der Waals surface area contributed by atoms with Gasteiger partial charge in [-0.25, -0.2) is 4.79 Å². The highest BCUT2D eigenvalue weighted by Gasteiger charge is 1.87. The summed E-state index contributed by atoms with van der Waals surface area (Å²) in [5.41, 5.74) is 4.64. The van der Waals surface area contributed by atoms with Gasteiger partial charge in [0.05, 0.1) is 0 Å². The minimum absolute atomic E-state index is 0.0139. The minimum atomic E-state index is -0.933. The van der Waals surface area contributed by atoms with E-state index in [1.807, 2.05) is 0 Å². The molecule has 0 unspecified atom stereocenters. The van der Waals surface area contributed by atoms with Crippen LogP contribution >= 0.6 is 0 Å². The molecule has 0 heterocycles. The van der Waals surface area contributed by atoms with Crippen LogP contribution in [0.15, 0.2) is 0 Å². The smallest absolute Gasteiger partial charge is 0.329 e. The minimum Gasteiger partial charge on any atom is -0.480 e. The number of carbonyl (C=O) groups excluding carboxylic acids is 1. The van der Waals surface area contributed by atoms with Crippen molar-refractivity contribution in [2.75, 3.05) is 27.4 Å². The first-order valence-electron chi connectivity index (χ1n) is 3.02. The second-order valence-corrected chi connectivity index (χ2v) is 1.73. The molecule has 0 aliphatic carbocycles. The third-order valence-corrected chi connectivity index (χ3v) is 0.554. The monoisotopic (exact) mass is 179 g/mol. The standard InChI is InChI=1S/C3H7NO2.C3H6O3/c2*1-6-2-3(4)5/h2H2,1H3,(H2,4,5);2H2,1H3,(H,4,5). The average molecular weight is 179 g/mol. The fourth-order valence-electron chi connectivity index (χ4n) is 0.266. The van der Waals surface area contributed by atoms with Crippen LogP contribution in [-0.2, 0) is 19.1 Å². The van der Waals surface area contributed by atoms with Gasteiger partial charge in [-0.1, -0.05) is 0 Å². The average Bonchev–Trinajstić information content (AvgIpc) is 1.87. The van der Waals surface area contributed by atoms with Crippen LogP contribution in [0.5, 0.6) is 0 Å². The summed E-state index contributed by atoms with van der Waals surface area (Å²) in [6, 6.07) is 0. The molecule has 0 atom stereocenters. The topological polar surface area (TPSA) is 98.8 Å². The van der Waals surface area contributed by atoms with Crippen molar-refractivity contribution in [3.8, 4) is 0 Å². The Balaban J connectivity index is 0. The Morgan fingerprint density at radius 3 is 1.67 bits per heavy atom. The molecule has 0 saturated heterocycles. The van der Waals surface area contributed by atoms with Gasteiger partial charge < -0.3 is 20.3 Å². The molecule has 6 heteroatoms. The lowest BCUT2D eigenvalue weighted by molar-refractivity contribution is -0.141. The van der Waals surface area contributed by atoms with E-state index in [-0.39, 0.29) is 13.2 Å². The Kier molecular flexibility index (Phi) is 11.1. The largest absolute Gasteiger partial charge is 0.480 e.